The molecule has 0 radical (unpaired) electrons. The van der Waals surface area contributed by atoms with E-state index in [-0.39, 0.29) is 11.9 Å². The van der Waals surface area contributed by atoms with E-state index in [1.165, 1.54) is 0 Å². The first-order chi connectivity index (χ1) is 11.6. The lowest BCUT2D eigenvalue weighted by atomic mass is 10.1. The van der Waals surface area contributed by atoms with Crippen molar-refractivity contribution in [3.8, 4) is 0 Å². The molecule has 130 valence electrons. The van der Waals surface area contributed by atoms with Crippen molar-refractivity contribution in [1.82, 2.24) is 10.2 Å². The minimum Gasteiger partial charge on any atom is -0.461 e. The SMILES string of the molecule is CCCCc1oc2ccccc2c1CN(C)C(=O)[C@@H]1C[C@H](O)CN1. The van der Waals surface area contributed by atoms with Gasteiger partial charge in [-0.15, -0.1) is 0 Å². The first kappa shape index (κ1) is 17.0. The largest absolute Gasteiger partial charge is 0.461 e. The van der Waals surface area contributed by atoms with Crippen LogP contribution in [0.25, 0.3) is 11.0 Å². The van der Waals surface area contributed by atoms with Gasteiger partial charge < -0.3 is 19.7 Å². The lowest BCUT2D eigenvalue weighted by Gasteiger charge is -2.21. The van der Waals surface area contributed by atoms with Crippen LogP contribution in [0.1, 0.15) is 37.5 Å². The van der Waals surface area contributed by atoms with Crippen molar-refractivity contribution in [1.29, 1.82) is 0 Å². The van der Waals surface area contributed by atoms with Crippen LogP contribution in [-0.4, -0.2) is 41.7 Å². The van der Waals surface area contributed by atoms with Crippen molar-refractivity contribution >= 4 is 16.9 Å². The van der Waals surface area contributed by atoms with Crippen LogP contribution in [0, 0.1) is 0 Å². The topological polar surface area (TPSA) is 65.7 Å². The molecule has 1 aromatic carbocycles. The number of nitrogens with one attached hydrogen (secondary N) is 1. The van der Waals surface area contributed by atoms with Crippen LogP contribution >= 0.6 is 0 Å². The molecule has 1 saturated heterocycles. The Morgan fingerprint density at radius 2 is 2.21 bits per heavy atom. The summed E-state index contributed by atoms with van der Waals surface area (Å²) in [6, 6.07) is 7.71. The lowest BCUT2D eigenvalue weighted by Crippen LogP contribution is -2.41. The summed E-state index contributed by atoms with van der Waals surface area (Å²) in [5.74, 6) is 1.01. The molecule has 2 N–H and O–H groups in total. The van der Waals surface area contributed by atoms with Gasteiger partial charge >= 0.3 is 0 Å². The van der Waals surface area contributed by atoms with Gasteiger partial charge in [-0.2, -0.15) is 0 Å². The number of hydrogen-bond donors (Lipinski definition) is 2. The van der Waals surface area contributed by atoms with Crippen molar-refractivity contribution in [2.75, 3.05) is 13.6 Å². The number of carbonyl (C=O) groups excluding carboxylic acids is 1. The van der Waals surface area contributed by atoms with Gasteiger partial charge in [0.2, 0.25) is 5.91 Å². The Morgan fingerprint density at radius 3 is 2.92 bits per heavy atom. The standard InChI is InChI=1S/C19H26N2O3/c1-3-4-8-18-15(14-7-5-6-9-17(14)24-18)12-21(2)19(23)16-10-13(22)11-20-16/h5-7,9,13,16,20,22H,3-4,8,10-12H2,1-2H3/t13-,16-/m0/s1. The maximum atomic E-state index is 12.6. The molecular formula is C19H26N2O3. The Morgan fingerprint density at radius 1 is 1.42 bits per heavy atom. The minimum atomic E-state index is -0.428. The lowest BCUT2D eigenvalue weighted by molar-refractivity contribution is -0.132. The van der Waals surface area contributed by atoms with Gasteiger partial charge in [0.05, 0.1) is 12.1 Å². The number of benzene rings is 1. The van der Waals surface area contributed by atoms with Crippen molar-refractivity contribution in [2.45, 2.75) is 51.3 Å². The minimum absolute atomic E-state index is 0.0262. The second-order valence-corrected chi connectivity index (χ2v) is 6.65. The van der Waals surface area contributed by atoms with Gasteiger partial charge in [0.1, 0.15) is 11.3 Å². The number of carbonyl (C=O) groups is 1. The van der Waals surface area contributed by atoms with Gasteiger partial charge in [-0.05, 0) is 18.9 Å². The van der Waals surface area contributed by atoms with Crippen LogP contribution in [-0.2, 0) is 17.8 Å². The van der Waals surface area contributed by atoms with Gasteiger partial charge in [-0.1, -0.05) is 31.5 Å². The number of amides is 1. The Labute approximate surface area is 142 Å². The van der Waals surface area contributed by atoms with Crippen LogP contribution in [0.4, 0.5) is 0 Å². The second kappa shape index (κ2) is 7.36. The monoisotopic (exact) mass is 330 g/mol. The predicted octanol–water partition coefficient (Wildman–Crippen LogP) is 2.46. The average Bonchev–Trinajstić information content (AvgIpc) is 3.16. The molecule has 0 aliphatic carbocycles. The second-order valence-electron chi connectivity index (χ2n) is 6.65. The molecule has 1 aliphatic heterocycles. The normalized spacial score (nSPS) is 20.6. The third-order valence-electron chi connectivity index (χ3n) is 4.72. The third kappa shape index (κ3) is 3.47. The number of aliphatic hydroxyl groups excluding tert-OH is 1. The van der Waals surface area contributed by atoms with E-state index in [2.05, 4.69) is 18.3 Å². The first-order valence-corrected chi connectivity index (χ1v) is 8.75. The Balaban J connectivity index is 1.81. The van der Waals surface area contributed by atoms with Crippen molar-refractivity contribution in [3.63, 3.8) is 0 Å². The fourth-order valence-corrected chi connectivity index (χ4v) is 3.35. The quantitative estimate of drug-likeness (QED) is 0.854. The highest BCUT2D eigenvalue weighted by molar-refractivity contribution is 5.85. The fraction of sp³-hybridized carbons (Fsp3) is 0.526. The van der Waals surface area contributed by atoms with E-state index in [1.807, 2.05) is 25.2 Å². The number of para-hydroxylation sites is 1. The third-order valence-corrected chi connectivity index (χ3v) is 4.72. The molecule has 2 atom stereocenters. The number of likely N-dealkylation sites (N-methyl/N-ethyl adjacent to an activating group) is 1. The molecule has 5 heteroatoms. The zero-order chi connectivity index (χ0) is 17.1. The Kier molecular flexibility index (Phi) is 5.21. The molecule has 24 heavy (non-hydrogen) atoms. The van der Waals surface area contributed by atoms with E-state index < -0.39 is 6.10 Å². The molecular weight excluding hydrogens is 304 g/mol. The smallest absolute Gasteiger partial charge is 0.239 e. The molecule has 3 rings (SSSR count). The molecule has 1 aliphatic rings. The molecule has 2 aromatic rings. The highest BCUT2D eigenvalue weighted by Crippen LogP contribution is 2.28. The number of aryl methyl sites for hydroxylation is 1. The van der Waals surface area contributed by atoms with Gasteiger partial charge in [0.15, 0.2) is 0 Å². The summed E-state index contributed by atoms with van der Waals surface area (Å²) < 4.78 is 6.03. The molecule has 5 nitrogen and oxygen atoms in total. The van der Waals surface area contributed by atoms with E-state index in [1.54, 1.807) is 4.90 Å². The van der Waals surface area contributed by atoms with Crippen LogP contribution < -0.4 is 5.32 Å². The van der Waals surface area contributed by atoms with Crippen LogP contribution in [0.5, 0.6) is 0 Å². The van der Waals surface area contributed by atoms with Crippen LogP contribution in [0.15, 0.2) is 28.7 Å². The number of β-amino-alcohol motifs (C(OH)–C–C–N with tert-alkyl or cyclic N) is 1. The van der Waals surface area contributed by atoms with E-state index >= 15 is 0 Å². The van der Waals surface area contributed by atoms with Crippen molar-refractivity contribution in [2.24, 2.45) is 0 Å². The molecule has 0 unspecified atom stereocenters. The molecule has 1 aromatic heterocycles. The molecule has 0 spiro atoms. The fourth-order valence-electron chi connectivity index (χ4n) is 3.35. The molecule has 2 heterocycles. The molecule has 0 bridgehead atoms. The van der Waals surface area contributed by atoms with Gasteiger partial charge in [0, 0.05) is 37.5 Å². The van der Waals surface area contributed by atoms with Gasteiger partial charge in [0.25, 0.3) is 0 Å². The summed E-state index contributed by atoms with van der Waals surface area (Å²) in [7, 11) is 1.82. The van der Waals surface area contributed by atoms with Gasteiger partial charge in [-0.25, -0.2) is 0 Å². The van der Waals surface area contributed by atoms with Crippen molar-refractivity contribution < 1.29 is 14.3 Å². The summed E-state index contributed by atoms with van der Waals surface area (Å²) in [4.78, 5) is 14.3. The average molecular weight is 330 g/mol. The number of furan rings is 1. The van der Waals surface area contributed by atoms with Crippen molar-refractivity contribution in [3.05, 3.63) is 35.6 Å². The highest BCUT2D eigenvalue weighted by Gasteiger charge is 2.30. The first-order valence-electron chi connectivity index (χ1n) is 8.75. The summed E-state index contributed by atoms with van der Waals surface area (Å²) >= 11 is 0. The molecule has 0 saturated carbocycles. The summed E-state index contributed by atoms with van der Waals surface area (Å²) in [5, 5.41) is 13.8. The van der Waals surface area contributed by atoms with E-state index in [0.717, 1.165) is 41.6 Å². The Hall–Kier alpha value is -1.85. The Bertz CT molecular complexity index is 710. The maximum absolute atomic E-state index is 12.6. The number of nitrogens with zero attached hydrogens (tertiary/aromatic N) is 1. The number of hydrogen-bond acceptors (Lipinski definition) is 4. The summed E-state index contributed by atoms with van der Waals surface area (Å²) in [5.41, 5.74) is 1.99. The molecule has 1 fully saturated rings. The number of rotatable bonds is 6. The number of unbranched alkanes of at least 4 members (excludes halogenated alkanes) is 1. The van der Waals surface area contributed by atoms with E-state index in [9.17, 15) is 9.90 Å². The zero-order valence-corrected chi connectivity index (χ0v) is 14.4. The van der Waals surface area contributed by atoms with Gasteiger partial charge in [-0.3, -0.25) is 4.79 Å². The van der Waals surface area contributed by atoms with E-state index in [0.29, 0.717) is 19.5 Å². The zero-order valence-electron chi connectivity index (χ0n) is 14.4. The van der Waals surface area contributed by atoms with Crippen LogP contribution in [0.3, 0.4) is 0 Å². The number of aliphatic hydroxyl groups is 1. The predicted molar refractivity (Wildman–Crippen MR) is 93.7 cm³/mol. The highest BCUT2D eigenvalue weighted by atomic mass is 16.3. The molecule has 1 amide bonds. The van der Waals surface area contributed by atoms with Crippen LogP contribution in [0.2, 0.25) is 0 Å². The summed E-state index contributed by atoms with van der Waals surface area (Å²) in [6.07, 6.45) is 3.12. The number of fused-ring (bicyclic) bond motifs is 1. The van der Waals surface area contributed by atoms with E-state index in [4.69, 9.17) is 4.42 Å². The maximum Gasteiger partial charge on any atom is 0.239 e. The summed E-state index contributed by atoms with van der Waals surface area (Å²) in [6.45, 7) is 3.18.